The van der Waals surface area contributed by atoms with Gasteiger partial charge < -0.3 is 19.8 Å². The first-order chi connectivity index (χ1) is 22.1. The second kappa shape index (κ2) is 14.2. The van der Waals surface area contributed by atoms with Crippen molar-refractivity contribution >= 4 is 35.2 Å². The molecule has 3 fully saturated rings. The van der Waals surface area contributed by atoms with Crippen LogP contribution in [0.3, 0.4) is 0 Å². The van der Waals surface area contributed by atoms with E-state index in [4.69, 9.17) is 0 Å². The van der Waals surface area contributed by atoms with Crippen molar-refractivity contribution in [1.29, 1.82) is 0 Å². The van der Waals surface area contributed by atoms with Gasteiger partial charge in [0.05, 0.1) is 16.6 Å². The van der Waals surface area contributed by atoms with Crippen LogP contribution in [0.1, 0.15) is 62.1 Å². The maximum absolute atomic E-state index is 15.0. The van der Waals surface area contributed by atoms with E-state index in [2.05, 4.69) is 20.1 Å². The highest BCUT2D eigenvalue weighted by Crippen LogP contribution is 2.71. The molecule has 0 aliphatic carbocycles. The summed E-state index contributed by atoms with van der Waals surface area (Å²) in [6.45, 7) is 15.8. The molecule has 3 heterocycles. The quantitative estimate of drug-likeness (QED) is 0.188. The number of benzene rings is 2. The summed E-state index contributed by atoms with van der Waals surface area (Å²) in [6, 6.07) is 15.3. The largest absolute Gasteiger partial charge is 0.396 e. The van der Waals surface area contributed by atoms with Crippen molar-refractivity contribution in [3.8, 4) is 0 Å². The van der Waals surface area contributed by atoms with E-state index in [0.717, 1.165) is 48.1 Å². The van der Waals surface area contributed by atoms with E-state index in [0.29, 0.717) is 39.0 Å². The van der Waals surface area contributed by atoms with Crippen molar-refractivity contribution in [3.05, 3.63) is 90.5 Å². The van der Waals surface area contributed by atoms with Gasteiger partial charge in [-0.25, -0.2) is 0 Å². The smallest absolute Gasteiger partial charge is 0.251 e. The summed E-state index contributed by atoms with van der Waals surface area (Å²) in [7, 11) is 0. The van der Waals surface area contributed by atoms with Gasteiger partial charge in [-0.3, -0.25) is 14.4 Å². The van der Waals surface area contributed by atoms with Gasteiger partial charge in [0.15, 0.2) is 0 Å². The fourth-order valence-corrected chi connectivity index (χ4v) is 10.4. The van der Waals surface area contributed by atoms with Crippen LogP contribution >= 0.6 is 11.8 Å². The van der Waals surface area contributed by atoms with Crippen LogP contribution in [0.25, 0.3) is 0 Å². The van der Waals surface area contributed by atoms with Crippen LogP contribution in [0.4, 0.5) is 5.69 Å². The molecular weight excluding hydrogens is 595 g/mol. The Hall–Kier alpha value is -3.36. The zero-order valence-corrected chi connectivity index (χ0v) is 28.4. The molecule has 246 valence electrons. The molecule has 5 rings (SSSR count). The van der Waals surface area contributed by atoms with E-state index in [-0.39, 0.29) is 24.3 Å². The van der Waals surface area contributed by atoms with Crippen molar-refractivity contribution in [3.63, 3.8) is 0 Å². The van der Waals surface area contributed by atoms with E-state index >= 15 is 4.79 Å². The van der Waals surface area contributed by atoms with E-state index in [1.165, 1.54) is 0 Å². The van der Waals surface area contributed by atoms with Crippen LogP contribution in [0, 0.1) is 25.7 Å². The number of likely N-dealkylation sites (tertiary alicyclic amines) is 1. The molecule has 0 radical (unpaired) electrons. The minimum atomic E-state index is -0.696. The molecule has 46 heavy (non-hydrogen) atoms. The Labute approximate surface area is 278 Å². The van der Waals surface area contributed by atoms with Crippen molar-refractivity contribution in [2.75, 3.05) is 31.1 Å². The van der Waals surface area contributed by atoms with Gasteiger partial charge in [-0.05, 0) is 69.2 Å². The predicted molar refractivity (Wildman–Crippen MR) is 187 cm³/mol. The van der Waals surface area contributed by atoms with Gasteiger partial charge >= 0.3 is 0 Å². The molecular formula is C38H49N3O4S. The molecule has 8 heteroatoms. The molecule has 1 N–H and O–H groups in total. The summed E-state index contributed by atoms with van der Waals surface area (Å²) < 4.78 is -1.15. The number of anilines is 1. The molecule has 2 aromatic rings. The number of aliphatic hydroxyl groups is 1. The third-order valence-corrected chi connectivity index (χ3v) is 12.2. The first-order valence-electron chi connectivity index (χ1n) is 16.7. The summed E-state index contributed by atoms with van der Waals surface area (Å²) in [4.78, 5) is 49.8. The number of carbonyl (C=O) groups excluding carboxylic acids is 3. The van der Waals surface area contributed by atoms with Gasteiger partial charge in [0.2, 0.25) is 11.8 Å². The Bertz CT molecular complexity index is 1460. The first-order valence-corrected chi connectivity index (χ1v) is 17.5. The molecule has 0 saturated carbocycles. The molecule has 5 atom stereocenters. The van der Waals surface area contributed by atoms with Crippen LogP contribution in [-0.2, 0) is 20.9 Å². The van der Waals surface area contributed by atoms with Crippen LogP contribution < -0.4 is 4.90 Å². The Morgan fingerprint density at radius 2 is 1.72 bits per heavy atom. The number of fused-ring (bicyclic) bond motifs is 1. The third-order valence-electron chi connectivity index (χ3n) is 10.2. The second-order valence-corrected chi connectivity index (χ2v) is 15.3. The summed E-state index contributed by atoms with van der Waals surface area (Å²) in [5, 5.41) is 9.29. The van der Waals surface area contributed by atoms with Crippen molar-refractivity contribution in [1.82, 2.24) is 9.80 Å². The number of aryl methyl sites for hydroxylation is 2. The van der Waals surface area contributed by atoms with Crippen LogP contribution in [0.15, 0.2) is 73.8 Å². The van der Waals surface area contributed by atoms with Crippen molar-refractivity contribution in [2.24, 2.45) is 11.8 Å². The summed E-state index contributed by atoms with van der Waals surface area (Å²) in [5.74, 6) is -1.33. The molecule has 1 spiro atoms. The molecule has 0 aromatic heterocycles. The summed E-state index contributed by atoms with van der Waals surface area (Å²) in [5.41, 5.74) is 3.89. The fraction of sp³-hybridized carbons (Fsp3) is 0.500. The number of unbranched alkanes of at least 4 members (excludes halogenated alkanes) is 3. The number of hydrogen-bond donors (Lipinski definition) is 1. The molecule has 3 saturated heterocycles. The Kier molecular flexibility index (Phi) is 10.5. The van der Waals surface area contributed by atoms with Crippen molar-refractivity contribution in [2.45, 2.75) is 81.4 Å². The van der Waals surface area contributed by atoms with Crippen LogP contribution in [-0.4, -0.2) is 74.4 Å². The molecule has 3 amide bonds. The van der Waals surface area contributed by atoms with Gasteiger partial charge in [-0.15, -0.1) is 24.9 Å². The number of rotatable bonds is 15. The maximum Gasteiger partial charge on any atom is 0.251 e. The van der Waals surface area contributed by atoms with Crippen LogP contribution in [0.5, 0.6) is 0 Å². The molecule has 3 aliphatic rings. The average molecular weight is 644 g/mol. The first kappa shape index (κ1) is 34.0. The second-order valence-electron chi connectivity index (χ2n) is 13.4. The fourth-order valence-electron chi connectivity index (χ4n) is 8.05. The molecule has 3 aliphatic heterocycles. The zero-order valence-electron chi connectivity index (χ0n) is 27.6. The number of thioether (sulfide) groups is 1. The number of nitrogens with zero attached hydrogens (tertiary/aromatic N) is 3. The number of aliphatic hydroxyl groups excluding tert-OH is 1. The lowest BCUT2D eigenvalue weighted by atomic mass is 9.66. The van der Waals surface area contributed by atoms with Gasteiger partial charge in [-0.1, -0.05) is 67.5 Å². The normalized spacial score (nSPS) is 26.2. The molecule has 2 unspecified atom stereocenters. The topological polar surface area (TPSA) is 81.2 Å². The predicted octanol–water partition coefficient (Wildman–Crippen LogP) is 6.07. The highest BCUT2D eigenvalue weighted by atomic mass is 32.2. The lowest BCUT2D eigenvalue weighted by Crippen LogP contribution is -2.55. The van der Waals surface area contributed by atoms with E-state index < -0.39 is 27.4 Å². The van der Waals surface area contributed by atoms with Crippen molar-refractivity contribution < 1.29 is 19.5 Å². The third kappa shape index (κ3) is 6.18. The summed E-state index contributed by atoms with van der Waals surface area (Å²) in [6.07, 6.45) is 8.14. The van der Waals surface area contributed by atoms with E-state index in [1.54, 1.807) is 28.8 Å². The SMILES string of the molecule is C=CCN(Cc1ccccc1)C(=O)[C@H]1[C@H]2C(=O)N(CCCCCCO)C(C(=O)N(CC=C)c3cc(C)ccc3C)C23CC[C@]1(C)S3. The minimum absolute atomic E-state index is 0.0350. The average Bonchev–Trinajstić information content (AvgIpc) is 3.61. The Balaban J connectivity index is 1.55. The lowest BCUT2D eigenvalue weighted by Gasteiger charge is -2.38. The monoisotopic (exact) mass is 643 g/mol. The summed E-state index contributed by atoms with van der Waals surface area (Å²) >= 11 is 1.72. The Morgan fingerprint density at radius 1 is 1.00 bits per heavy atom. The standard InChI is InChI=1S/C38H49N3O4S/c1-6-21-39(26-29-15-11-10-12-16-29)34(43)31-32-35(44)41(23-13-8-9-14-24-42)33(38(32)20-19-37(31,5)46-38)36(45)40(22-7-2)30-25-27(3)17-18-28(30)4/h6-7,10-12,15-18,25,31-33,42H,1-2,8-9,13-14,19-24,26H2,3-5H3/t31-,32+,33?,37+,38?/m1/s1. The zero-order chi connectivity index (χ0) is 33.1. The van der Waals surface area contributed by atoms with Gasteiger partial charge in [-0.2, -0.15) is 0 Å². The molecule has 7 nitrogen and oxygen atoms in total. The maximum atomic E-state index is 15.0. The minimum Gasteiger partial charge on any atom is -0.396 e. The van der Waals surface area contributed by atoms with Gasteiger partial charge in [0.25, 0.3) is 5.91 Å². The van der Waals surface area contributed by atoms with Crippen LogP contribution in [0.2, 0.25) is 0 Å². The number of hydrogen-bond acceptors (Lipinski definition) is 5. The van der Waals surface area contributed by atoms with E-state index in [9.17, 15) is 14.7 Å². The highest BCUT2D eigenvalue weighted by Gasteiger charge is 2.77. The number of carbonyl (C=O) groups is 3. The molecule has 2 bridgehead atoms. The van der Waals surface area contributed by atoms with Gasteiger partial charge in [0.1, 0.15) is 6.04 Å². The number of amides is 3. The Morgan fingerprint density at radius 3 is 2.41 bits per heavy atom. The van der Waals surface area contributed by atoms with E-state index in [1.807, 2.05) is 72.2 Å². The highest BCUT2D eigenvalue weighted by molar-refractivity contribution is 8.02. The molecule has 2 aromatic carbocycles. The lowest BCUT2D eigenvalue weighted by molar-refractivity contribution is -0.145. The van der Waals surface area contributed by atoms with Gasteiger partial charge in [0, 0.05) is 43.2 Å².